The number of hydrogen-bond donors (Lipinski definition) is 1. The van der Waals surface area contributed by atoms with E-state index in [1.165, 1.54) is 0 Å². The van der Waals surface area contributed by atoms with Crippen molar-refractivity contribution >= 4 is 17.7 Å². The van der Waals surface area contributed by atoms with Crippen LogP contribution in [-0.2, 0) is 20.1 Å². The van der Waals surface area contributed by atoms with Gasteiger partial charge in [-0.15, -0.1) is 0 Å². The summed E-state index contributed by atoms with van der Waals surface area (Å²) in [7, 11) is 3.94. The van der Waals surface area contributed by atoms with Crippen LogP contribution < -0.4 is 4.74 Å². The first kappa shape index (κ1) is 21.4. The van der Waals surface area contributed by atoms with Gasteiger partial charge in [0, 0.05) is 38.1 Å². The molecule has 2 bridgehead atoms. The number of rotatable bonds is 2. The number of aliphatic hydroxyl groups excluding tert-OH is 1. The molecule has 1 aliphatic rings. The van der Waals surface area contributed by atoms with Crippen LogP contribution in [0.15, 0.2) is 24.8 Å². The highest BCUT2D eigenvalue weighted by molar-refractivity contribution is 5.72. The van der Waals surface area contributed by atoms with E-state index in [4.69, 9.17) is 9.84 Å². The number of aliphatic hydroxyl groups is 1. The standard InChI is InChI=1S/C23H28N8O2/c1-15-11-28(3)13-19-17(12-30(27-19)7-8-32)5-6-21-25-10-18-9-24-20(14-31(18)21)22-16(2)26-29(4)23(22)33-15/h5-6,9-10,12,14-15,32H,7-8,11,13H2,1-4H3/b6-5+/t15-/m0/s1. The Bertz CT molecular complexity index is 1330. The molecule has 4 aromatic rings. The largest absolute Gasteiger partial charge is 0.473 e. The molecule has 0 saturated carbocycles. The molecule has 10 heteroatoms. The van der Waals surface area contributed by atoms with Crippen molar-refractivity contribution < 1.29 is 9.84 Å². The van der Waals surface area contributed by atoms with Gasteiger partial charge >= 0.3 is 0 Å². The van der Waals surface area contributed by atoms with Crippen LogP contribution in [0.1, 0.15) is 29.7 Å². The normalized spacial score (nSPS) is 17.9. The Balaban J connectivity index is 1.67. The van der Waals surface area contributed by atoms with Crippen molar-refractivity contribution in [3.8, 4) is 17.1 Å². The molecule has 1 N–H and O–H groups in total. The van der Waals surface area contributed by atoms with Crippen LogP contribution in [0, 0.1) is 6.92 Å². The van der Waals surface area contributed by atoms with Gasteiger partial charge in [-0.3, -0.25) is 19.0 Å². The highest BCUT2D eigenvalue weighted by Gasteiger charge is 2.22. The van der Waals surface area contributed by atoms with Gasteiger partial charge in [0.15, 0.2) is 0 Å². The van der Waals surface area contributed by atoms with Gasteiger partial charge in [-0.25, -0.2) is 9.67 Å². The van der Waals surface area contributed by atoms with Crippen molar-refractivity contribution in [3.05, 3.63) is 47.6 Å². The minimum Gasteiger partial charge on any atom is -0.473 e. The predicted octanol–water partition coefficient (Wildman–Crippen LogP) is 2.01. The van der Waals surface area contributed by atoms with Gasteiger partial charge in [-0.1, -0.05) is 0 Å². The van der Waals surface area contributed by atoms with Crippen LogP contribution in [-0.4, -0.2) is 70.2 Å². The number of fused-ring (bicyclic) bond motifs is 4. The topological polar surface area (TPSA) is 98.5 Å². The molecule has 0 fully saturated rings. The van der Waals surface area contributed by atoms with E-state index in [-0.39, 0.29) is 12.7 Å². The monoisotopic (exact) mass is 448 g/mol. The summed E-state index contributed by atoms with van der Waals surface area (Å²) in [5.41, 5.74) is 5.35. The molecule has 0 spiro atoms. The molecule has 5 heterocycles. The van der Waals surface area contributed by atoms with Gasteiger partial charge < -0.3 is 9.84 Å². The van der Waals surface area contributed by atoms with Gasteiger partial charge in [0.25, 0.3) is 0 Å². The number of hydrogen-bond acceptors (Lipinski definition) is 7. The predicted molar refractivity (Wildman–Crippen MR) is 125 cm³/mol. The third-order valence-electron chi connectivity index (χ3n) is 5.78. The van der Waals surface area contributed by atoms with Gasteiger partial charge in [0.2, 0.25) is 5.88 Å². The van der Waals surface area contributed by atoms with E-state index in [2.05, 4.69) is 33.9 Å². The zero-order chi connectivity index (χ0) is 23.1. The smallest absolute Gasteiger partial charge is 0.221 e. The first-order valence-corrected chi connectivity index (χ1v) is 11.0. The minimum atomic E-state index is -0.0836. The van der Waals surface area contributed by atoms with Crippen LogP contribution in [0.3, 0.4) is 0 Å². The molecule has 10 nitrogen and oxygen atoms in total. The van der Waals surface area contributed by atoms with Crippen LogP contribution in [0.4, 0.5) is 0 Å². The summed E-state index contributed by atoms with van der Waals surface area (Å²) in [6.07, 6.45) is 11.5. The highest BCUT2D eigenvalue weighted by Crippen LogP contribution is 2.33. The third kappa shape index (κ3) is 4.03. The maximum absolute atomic E-state index is 9.36. The molecule has 0 amide bonds. The molecule has 172 valence electrons. The van der Waals surface area contributed by atoms with E-state index >= 15 is 0 Å². The van der Waals surface area contributed by atoms with Crippen LogP contribution in [0.5, 0.6) is 5.88 Å². The van der Waals surface area contributed by atoms with Gasteiger partial charge in [-0.05, 0) is 33.0 Å². The van der Waals surface area contributed by atoms with Crippen molar-refractivity contribution in [2.24, 2.45) is 7.05 Å². The SMILES string of the molecule is Cc1nn(C)c2c1-c1cn3c(ncc3cn1)/C=C/c1cn(CCO)nc1CN(C)C[C@H](C)O2. The average molecular weight is 449 g/mol. The molecule has 0 unspecified atom stereocenters. The maximum atomic E-state index is 9.36. The summed E-state index contributed by atoms with van der Waals surface area (Å²) in [6, 6.07) is 0. The van der Waals surface area contributed by atoms with Crippen molar-refractivity contribution in [2.75, 3.05) is 20.2 Å². The number of aromatic nitrogens is 7. The highest BCUT2D eigenvalue weighted by atomic mass is 16.5. The Labute approximate surface area is 191 Å². The second-order valence-electron chi connectivity index (χ2n) is 8.55. The number of imidazole rings is 1. The number of ether oxygens (including phenoxy) is 1. The van der Waals surface area contributed by atoms with Crippen molar-refractivity contribution in [1.82, 2.24) is 38.8 Å². The molecule has 0 radical (unpaired) electrons. The number of likely N-dealkylation sites (N-methyl/N-ethyl adjacent to an activating group) is 1. The van der Waals surface area contributed by atoms with E-state index in [9.17, 15) is 5.11 Å². The molecule has 0 aromatic carbocycles. The first-order chi connectivity index (χ1) is 15.9. The summed E-state index contributed by atoms with van der Waals surface area (Å²) in [5.74, 6) is 1.48. The summed E-state index contributed by atoms with van der Waals surface area (Å²) in [4.78, 5) is 11.4. The summed E-state index contributed by atoms with van der Waals surface area (Å²) < 4.78 is 12.0. The Morgan fingerprint density at radius 3 is 2.76 bits per heavy atom. The lowest BCUT2D eigenvalue weighted by molar-refractivity contribution is 0.148. The molecule has 5 rings (SSSR count). The van der Waals surface area contributed by atoms with Crippen LogP contribution >= 0.6 is 0 Å². The fourth-order valence-electron chi connectivity index (χ4n) is 4.34. The van der Waals surface area contributed by atoms with Gasteiger partial charge in [-0.2, -0.15) is 10.2 Å². The Morgan fingerprint density at radius 2 is 1.94 bits per heavy atom. The summed E-state index contributed by atoms with van der Waals surface area (Å²) >= 11 is 0. The summed E-state index contributed by atoms with van der Waals surface area (Å²) in [6.45, 7) is 5.86. The second kappa shape index (κ2) is 8.45. The number of nitrogens with zero attached hydrogens (tertiary/aromatic N) is 8. The molecule has 1 atom stereocenters. The quantitative estimate of drug-likeness (QED) is 0.501. The molecular formula is C23H28N8O2. The van der Waals surface area contributed by atoms with Crippen LogP contribution in [0.2, 0.25) is 0 Å². The summed E-state index contributed by atoms with van der Waals surface area (Å²) in [5, 5.41) is 18.6. The lowest BCUT2D eigenvalue weighted by atomic mass is 10.2. The van der Waals surface area contributed by atoms with Crippen LogP contribution in [0.25, 0.3) is 28.9 Å². The second-order valence-corrected chi connectivity index (χ2v) is 8.55. The molecule has 4 aromatic heterocycles. The molecule has 33 heavy (non-hydrogen) atoms. The molecule has 0 saturated heterocycles. The van der Waals surface area contributed by atoms with Gasteiger partial charge in [0.1, 0.15) is 11.9 Å². The zero-order valence-corrected chi connectivity index (χ0v) is 19.3. The average Bonchev–Trinajstić information content (AvgIpc) is 3.41. The molecule has 0 aliphatic carbocycles. The lowest BCUT2D eigenvalue weighted by Crippen LogP contribution is -2.31. The van der Waals surface area contributed by atoms with Gasteiger partial charge in [0.05, 0.1) is 53.7 Å². The van der Waals surface area contributed by atoms with E-state index in [0.717, 1.165) is 39.5 Å². The lowest BCUT2D eigenvalue weighted by Gasteiger charge is -2.22. The van der Waals surface area contributed by atoms with Crippen molar-refractivity contribution in [3.63, 3.8) is 0 Å². The molecule has 1 aliphatic heterocycles. The Hall–Kier alpha value is -3.50. The van der Waals surface area contributed by atoms with Crippen molar-refractivity contribution in [1.29, 1.82) is 0 Å². The Kier molecular flexibility index (Phi) is 5.47. The van der Waals surface area contributed by atoms with E-state index < -0.39 is 0 Å². The number of aryl methyl sites for hydroxylation is 2. The maximum Gasteiger partial charge on any atom is 0.221 e. The van der Waals surface area contributed by atoms with Crippen molar-refractivity contribution in [2.45, 2.75) is 33.0 Å². The van der Waals surface area contributed by atoms with E-state index in [0.29, 0.717) is 25.5 Å². The molecular weight excluding hydrogens is 420 g/mol. The fraction of sp³-hybridized carbons (Fsp3) is 0.391. The Morgan fingerprint density at radius 1 is 1.12 bits per heavy atom. The third-order valence-corrected chi connectivity index (χ3v) is 5.78. The van der Waals surface area contributed by atoms with E-state index in [1.807, 2.05) is 49.1 Å². The zero-order valence-electron chi connectivity index (χ0n) is 19.3. The van der Waals surface area contributed by atoms with E-state index in [1.54, 1.807) is 15.6 Å². The minimum absolute atomic E-state index is 0.0398. The first-order valence-electron chi connectivity index (χ1n) is 11.0. The fourth-order valence-corrected chi connectivity index (χ4v) is 4.34.